The molecule has 0 N–H and O–H groups in total. The van der Waals surface area contributed by atoms with Crippen LogP contribution >= 0.6 is 0 Å². The molecule has 0 aliphatic rings. The largest absolute Gasteiger partial charge is 0.456 e. The van der Waals surface area contributed by atoms with Crippen molar-refractivity contribution in [3.63, 3.8) is 0 Å². The van der Waals surface area contributed by atoms with Crippen LogP contribution in [0, 0.1) is 11.3 Å². The predicted molar refractivity (Wildman–Crippen MR) is 189 cm³/mol. The normalized spacial score (nSPS) is 11.5. The molecule has 3 nitrogen and oxygen atoms in total. The zero-order valence-electron chi connectivity index (χ0n) is 24.8. The third-order valence-electron chi connectivity index (χ3n) is 9.03. The highest BCUT2D eigenvalue weighted by molar-refractivity contribution is 6.10. The molecule has 0 amide bonds. The molecule has 0 atom stereocenters. The number of furan rings is 1. The maximum Gasteiger partial charge on any atom is 0.135 e. The van der Waals surface area contributed by atoms with E-state index in [1.54, 1.807) is 0 Å². The van der Waals surface area contributed by atoms with Gasteiger partial charge in [-0.2, -0.15) is 5.26 Å². The molecule has 0 aliphatic carbocycles. The molecule has 0 saturated heterocycles. The first-order valence-corrected chi connectivity index (χ1v) is 15.4. The summed E-state index contributed by atoms with van der Waals surface area (Å²) in [5.74, 6) is 0. The van der Waals surface area contributed by atoms with Crippen LogP contribution in [0.2, 0.25) is 0 Å². The van der Waals surface area contributed by atoms with Gasteiger partial charge in [-0.1, -0.05) is 103 Å². The van der Waals surface area contributed by atoms with Crippen molar-refractivity contribution in [1.82, 2.24) is 4.57 Å². The molecule has 3 heteroatoms. The highest BCUT2D eigenvalue weighted by Crippen LogP contribution is 2.43. The van der Waals surface area contributed by atoms with Gasteiger partial charge in [-0.25, -0.2) is 0 Å². The van der Waals surface area contributed by atoms with E-state index >= 15 is 0 Å². The van der Waals surface area contributed by atoms with Gasteiger partial charge in [0.15, 0.2) is 0 Å². The van der Waals surface area contributed by atoms with E-state index in [0.29, 0.717) is 5.56 Å². The van der Waals surface area contributed by atoms with E-state index in [0.717, 1.165) is 66.1 Å². The Morgan fingerprint density at radius 2 is 1.15 bits per heavy atom. The van der Waals surface area contributed by atoms with E-state index < -0.39 is 0 Å². The average molecular weight is 587 g/mol. The molecular weight excluding hydrogens is 560 g/mol. The van der Waals surface area contributed by atoms with E-state index in [4.69, 9.17) is 4.42 Å². The molecule has 9 rings (SSSR count). The van der Waals surface area contributed by atoms with E-state index in [9.17, 15) is 5.26 Å². The van der Waals surface area contributed by atoms with Crippen molar-refractivity contribution in [3.05, 3.63) is 163 Å². The van der Waals surface area contributed by atoms with Gasteiger partial charge in [0.1, 0.15) is 11.2 Å². The van der Waals surface area contributed by atoms with Gasteiger partial charge in [-0.05, 0) is 88.0 Å². The standard InChI is InChI=1S/C43H26N2O/c44-27-28-20-22-40-37(24-28)35-14-4-6-18-39(35)45(40)32-13-8-12-30(25-32)34-17-9-16-33(29-10-2-1-3-11-29)43(34)31-21-23-42-38(26-31)36-15-5-7-19-41(36)46-42/h1-26H. The van der Waals surface area contributed by atoms with Gasteiger partial charge in [0.25, 0.3) is 0 Å². The second-order valence-corrected chi connectivity index (χ2v) is 11.6. The van der Waals surface area contributed by atoms with Crippen LogP contribution in [0.15, 0.2) is 162 Å². The Morgan fingerprint density at radius 1 is 0.457 bits per heavy atom. The second kappa shape index (κ2) is 10.4. The first-order valence-electron chi connectivity index (χ1n) is 15.4. The Kier molecular flexibility index (Phi) is 5.88. The Hall–Kier alpha value is -6.37. The lowest BCUT2D eigenvalue weighted by molar-refractivity contribution is 0.669. The van der Waals surface area contributed by atoms with Crippen molar-refractivity contribution < 1.29 is 4.42 Å². The molecule has 0 radical (unpaired) electrons. The summed E-state index contributed by atoms with van der Waals surface area (Å²) in [4.78, 5) is 0. The number of para-hydroxylation sites is 2. The second-order valence-electron chi connectivity index (χ2n) is 11.6. The van der Waals surface area contributed by atoms with E-state index in [1.807, 2.05) is 24.3 Å². The monoisotopic (exact) mass is 586 g/mol. The summed E-state index contributed by atoms with van der Waals surface area (Å²) < 4.78 is 8.50. The number of nitriles is 1. The van der Waals surface area contributed by atoms with Crippen LogP contribution < -0.4 is 0 Å². The van der Waals surface area contributed by atoms with Gasteiger partial charge in [0.05, 0.1) is 22.7 Å². The summed E-state index contributed by atoms with van der Waals surface area (Å²) in [5, 5.41) is 14.1. The zero-order valence-corrected chi connectivity index (χ0v) is 24.8. The fourth-order valence-corrected chi connectivity index (χ4v) is 6.98. The summed E-state index contributed by atoms with van der Waals surface area (Å²) >= 11 is 0. The lowest BCUT2D eigenvalue weighted by atomic mass is 9.87. The smallest absolute Gasteiger partial charge is 0.135 e. The fourth-order valence-electron chi connectivity index (χ4n) is 6.98. The zero-order chi connectivity index (χ0) is 30.6. The third-order valence-corrected chi connectivity index (χ3v) is 9.03. The van der Waals surface area contributed by atoms with E-state index in [-0.39, 0.29) is 0 Å². The number of hydrogen-bond acceptors (Lipinski definition) is 2. The Balaban J connectivity index is 1.30. The Labute approximate surface area is 265 Å². The number of hydrogen-bond donors (Lipinski definition) is 0. The van der Waals surface area contributed by atoms with Crippen molar-refractivity contribution in [2.24, 2.45) is 0 Å². The molecule has 46 heavy (non-hydrogen) atoms. The maximum absolute atomic E-state index is 9.62. The highest BCUT2D eigenvalue weighted by Gasteiger charge is 2.18. The van der Waals surface area contributed by atoms with Gasteiger partial charge in [0.2, 0.25) is 0 Å². The molecule has 2 aromatic heterocycles. The quantitative estimate of drug-likeness (QED) is 0.206. The number of rotatable bonds is 4. The molecule has 0 fully saturated rings. The molecule has 0 bridgehead atoms. The summed E-state index contributed by atoms with van der Waals surface area (Å²) in [7, 11) is 0. The van der Waals surface area contributed by atoms with Crippen molar-refractivity contribution in [2.75, 3.05) is 0 Å². The molecule has 7 aromatic carbocycles. The summed E-state index contributed by atoms with van der Waals surface area (Å²) in [6.45, 7) is 0. The topological polar surface area (TPSA) is 41.9 Å². The van der Waals surface area contributed by atoms with Crippen LogP contribution in [-0.4, -0.2) is 4.57 Å². The fraction of sp³-hybridized carbons (Fsp3) is 0. The van der Waals surface area contributed by atoms with Crippen molar-refractivity contribution in [2.45, 2.75) is 0 Å². The minimum absolute atomic E-state index is 0.661. The summed E-state index contributed by atoms with van der Waals surface area (Å²) in [6, 6.07) is 57.5. The number of nitrogens with zero attached hydrogens (tertiary/aromatic N) is 2. The Bertz CT molecular complexity index is 2650. The third kappa shape index (κ3) is 4.05. The minimum atomic E-state index is 0.661. The molecule has 2 heterocycles. The SMILES string of the molecule is N#Cc1ccc2c(c1)c1ccccc1n2-c1cccc(-c2cccc(-c3ccccc3)c2-c2ccc3oc4ccccc4c3c2)c1. The molecule has 214 valence electrons. The van der Waals surface area contributed by atoms with Gasteiger partial charge >= 0.3 is 0 Å². The number of benzene rings is 7. The lowest BCUT2D eigenvalue weighted by Crippen LogP contribution is -1.95. The van der Waals surface area contributed by atoms with Crippen LogP contribution in [0.5, 0.6) is 0 Å². The van der Waals surface area contributed by atoms with Crippen LogP contribution in [0.3, 0.4) is 0 Å². The van der Waals surface area contributed by atoms with E-state index in [2.05, 4.69) is 144 Å². The van der Waals surface area contributed by atoms with Gasteiger partial charge in [0, 0.05) is 27.2 Å². The van der Waals surface area contributed by atoms with Crippen LogP contribution in [0.25, 0.3) is 82.8 Å². The predicted octanol–water partition coefficient (Wildman–Crippen LogP) is 11.6. The minimum Gasteiger partial charge on any atom is -0.456 e. The summed E-state index contributed by atoms with van der Waals surface area (Å²) in [5.41, 5.74) is 12.6. The van der Waals surface area contributed by atoms with Gasteiger partial charge in [-0.15, -0.1) is 0 Å². The van der Waals surface area contributed by atoms with Crippen LogP contribution in [0.1, 0.15) is 5.56 Å². The molecule has 0 unspecified atom stereocenters. The van der Waals surface area contributed by atoms with Crippen molar-refractivity contribution in [3.8, 4) is 45.1 Å². The molecular formula is C43H26N2O. The van der Waals surface area contributed by atoms with Crippen LogP contribution in [0.4, 0.5) is 0 Å². The van der Waals surface area contributed by atoms with Gasteiger partial charge < -0.3 is 8.98 Å². The van der Waals surface area contributed by atoms with E-state index in [1.165, 1.54) is 16.7 Å². The van der Waals surface area contributed by atoms with Crippen molar-refractivity contribution in [1.29, 1.82) is 5.26 Å². The van der Waals surface area contributed by atoms with Crippen molar-refractivity contribution >= 4 is 43.7 Å². The first kappa shape index (κ1) is 26.1. The van der Waals surface area contributed by atoms with Gasteiger partial charge in [-0.3, -0.25) is 0 Å². The first-order chi connectivity index (χ1) is 22.8. The molecule has 0 aliphatic heterocycles. The Morgan fingerprint density at radius 3 is 2.02 bits per heavy atom. The average Bonchev–Trinajstić information content (AvgIpc) is 3.66. The number of aromatic nitrogens is 1. The highest BCUT2D eigenvalue weighted by atomic mass is 16.3. The maximum atomic E-state index is 9.62. The molecule has 9 aromatic rings. The van der Waals surface area contributed by atoms with Crippen LogP contribution in [-0.2, 0) is 0 Å². The molecule has 0 spiro atoms. The number of fused-ring (bicyclic) bond motifs is 6. The summed E-state index contributed by atoms with van der Waals surface area (Å²) in [6.07, 6.45) is 0. The lowest BCUT2D eigenvalue weighted by Gasteiger charge is -2.17. The molecule has 0 saturated carbocycles.